The molecule has 0 spiro atoms. The molecule has 1 heterocycles. The third-order valence-electron chi connectivity index (χ3n) is 3.45. The van der Waals surface area contributed by atoms with E-state index in [4.69, 9.17) is 16.3 Å². The lowest BCUT2D eigenvalue weighted by Gasteiger charge is -2.31. The molecule has 19 heavy (non-hydrogen) atoms. The minimum absolute atomic E-state index is 0.303. The molecule has 0 aromatic carbocycles. The molecule has 1 saturated carbocycles. The van der Waals surface area contributed by atoms with Crippen LogP contribution >= 0.6 is 11.6 Å². The SMILES string of the molecule is CC1CC(C)CC(Oc2cncc(C#CCCl)c2)C1. The Morgan fingerprint density at radius 3 is 2.68 bits per heavy atom. The van der Waals surface area contributed by atoms with Gasteiger partial charge in [-0.15, -0.1) is 11.6 Å². The lowest BCUT2D eigenvalue weighted by Crippen LogP contribution is -2.28. The lowest BCUT2D eigenvalue weighted by molar-refractivity contribution is 0.101. The molecule has 1 aromatic heterocycles. The summed E-state index contributed by atoms with van der Waals surface area (Å²) in [7, 11) is 0. The predicted molar refractivity (Wildman–Crippen MR) is 78.4 cm³/mol. The highest BCUT2D eigenvalue weighted by Crippen LogP contribution is 2.31. The Morgan fingerprint density at radius 1 is 1.26 bits per heavy atom. The monoisotopic (exact) mass is 277 g/mol. The molecule has 0 aliphatic heterocycles. The van der Waals surface area contributed by atoms with E-state index < -0.39 is 0 Å². The zero-order valence-electron chi connectivity index (χ0n) is 11.5. The molecule has 0 saturated heterocycles. The van der Waals surface area contributed by atoms with E-state index in [0.717, 1.165) is 36.0 Å². The van der Waals surface area contributed by atoms with Crippen molar-refractivity contribution in [1.82, 2.24) is 4.98 Å². The molecule has 1 fully saturated rings. The molecule has 2 nitrogen and oxygen atoms in total. The van der Waals surface area contributed by atoms with Gasteiger partial charge in [0.25, 0.3) is 0 Å². The maximum atomic E-state index is 6.05. The number of aromatic nitrogens is 1. The molecule has 2 unspecified atom stereocenters. The van der Waals surface area contributed by atoms with E-state index in [1.807, 2.05) is 6.07 Å². The average Bonchev–Trinajstić information content (AvgIpc) is 2.35. The normalized spacial score (nSPS) is 26.4. The van der Waals surface area contributed by atoms with Gasteiger partial charge in [-0.25, -0.2) is 0 Å². The van der Waals surface area contributed by atoms with Gasteiger partial charge in [-0.1, -0.05) is 25.7 Å². The van der Waals surface area contributed by atoms with Crippen molar-refractivity contribution in [3.8, 4) is 17.6 Å². The molecule has 102 valence electrons. The third kappa shape index (κ3) is 4.44. The lowest BCUT2D eigenvalue weighted by atomic mass is 9.82. The maximum Gasteiger partial charge on any atom is 0.139 e. The third-order valence-corrected chi connectivity index (χ3v) is 3.58. The van der Waals surface area contributed by atoms with Crippen LogP contribution in [0.3, 0.4) is 0 Å². The molecule has 2 rings (SSSR count). The second-order valence-electron chi connectivity index (χ2n) is 5.50. The Hall–Kier alpha value is -1.20. The summed E-state index contributed by atoms with van der Waals surface area (Å²) in [5.41, 5.74) is 0.857. The minimum Gasteiger partial charge on any atom is -0.489 e. The van der Waals surface area contributed by atoms with E-state index in [1.165, 1.54) is 6.42 Å². The second kappa shape index (κ2) is 6.82. The topological polar surface area (TPSA) is 22.1 Å². The Balaban J connectivity index is 2.02. The molecule has 3 heteroatoms. The predicted octanol–water partition coefficient (Wildman–Crippen LogP) is 3.88. The zero-order valence-corrected chi connectivity index (χ0v) is 12.3. The van der Waals surface area contributed by atoms with Gasteiger partial charge in [0.2, 0.25) is 0 Å². The van der Waals surface area contributed by atoms with Crippen LogP contribution < -0.4 is 4.74 Å². The van der Waals surface area contributed by atoms with E-state index in [1.54, 1.807) is 12.4 Å². The van der Waals surface area contributed by atoms with Crippen molar-refractivity contribution in [3.05, 3.63) is 24.0 Å². The van der Waals surface area contributed by atoms with Gasteiger partial charge < -0.3 is 4.74 Å². The summed E-state index contributed by atoms with van der Waals surface area (Å²) in [5, 5.41) is 0. The van der Waals surface area contributed by atoms with Gasteiger partial charge in [0.05, 0.1) is 18.2 Å². The van der Waals surface area contributed by atoms with Crippen LogP contribution in [0, 0.1) is 23.7 Å². The molecular weight excluding hydrogens is 258 g/mol. The highest BCUT2D eigenvalue weighted by atomic mass is 35.5. The summed E-state index contributed by atoms with van der Waals surface area (Å²) < 4.78 is 6.05. The smallest absolute Gasteiger partial charge is 0.139 e. The Bertz CT molecular complexity index is 467. The van der Waals surface area contributed by atoms with Crippen LogP contribution in [0.4, 0.5) is 0 Å². The maximum absolute atomic E-state index is 6.05. The van der Waals surface area contributed by atoms with Crippen molar-refractivity contribution < 1.29 is 4.74 Å². The molecule has 1 aliphatic rings. The Morgan fingerprint density at radius 2 is 2.00 bits per heavy atom. The zero-order chi connectivity index (χ0) is 13.7. The fraction of sp³-hybridized carbons (Fsp3) is 0.562. The van der Waals surface area contributed by atoms with E-state index in [9.17, 15) is 0 Å². The van der Waals surface area contributed by atoms with Gasteiger partial charge in [0.15, 0.2) is 0 Å². The minimum atomic E-state index is 0.303. The summed E-state index contributed by atoms with van der Waals surface area (Å²) >= 11 is 5.55. The van der Waals surface area contributed by atoms with Gasteiger partial charge >= 0.3 is 0 Å². The first-order chi connectivity index (χ1) is 9.17. The standard InChI is InChI=1S/C16H20ClNO/c1-12-6-13(2)8-15(7-12)19-16-9-14(4-3-5-17)10-18-11-16/h9-13,15H,5-8H2,1-2H3. The van der Waals surface area contributed by atoms with Crippen molar-refractivity contribution in [2.45, 2.75) is 39.2 Å². The fourth-order valence-corrected chi connectivity index (χ4v) is 2.92. The molecule has 1 aliphatic carbocycles. The first kappa shape index (κ1) is 14.2. The van der Waals surface area contributed by atoms with Crippen molar-refractivity contribution in [2.75, 3.05) is 5.88 Å². The van der Waals surface area contributed by atoms with Crippen LogP contribution in [0.2, 0.25) is 0 Å². The molecule has 2 atom stereocenters. The molecule has 0 radical (unpaired) electrons. The number of alkyl halides is 1. The highest BCUT2D eigenvalue weighted by molar-refractivity contribution is 6.19. The first-order valence-corrected chi connectivity index (χ1v) is 7.37. The largest absolute Gasteiger partial charge is 0.489 e. The number of hydrogen-bond acceptors (Lipinski definition) is 2. The summed E-state index contributed by atoms with van der Waals surface area (Å²) in [5.74, 6) is 8.42. The quantitative estimate of drug-likeness (QED) is 0.605. The van der Waals surface area contributed by atoms with Gasteiger partial charge in [-0.05, 0) is 37.2 Å². The summed E-state index contributed by atoms with van der Waals surface area (Å²) in [6, 6.07) is 1.94. The molecular formula is C16H20ClNO. The van der Waals surface area contributed by atoms with E-state index >= 15 is 0 Å². The first-order valence-electron chi connectivity index (χ1n) is 6.84. The second-order valence-corrected chi connectivity index (χ2v) is 5.77. The molecule has 0 amide bonds. The van der Waals surface area contributed by atoms with Crippen LogP contribution in [0.1, 0.15) is 38.7 Å². The van der Waals surface area contributed by atoms with Crippen LogP contribution in [-0.4, -0.2) is 17.0 Å². The van der Waals surface area contributed by atoms with E-state index in [0.29, 0.717) is 12.0 Å². The number of pyridine rings is 1. The van der Waals surface area contributed by atoms with Gasteiger partial charge in [-0.3, -0.25) is 4.98 Å². The molecule has 0 N–H and O–H groups in total. The van der Waals surface area contributed by atoms with Crippen molar-refractivity contribution in [1.29, 1.82) is 0 Å². The van der Waals surface area contributed by atoms with Crippen molar-refractivity contribution in [2.24, 2.45) is 11.8 Å². The number of rotatable bonds is 2. The summed E-state index contributed by atoms with van der Waals surface area (Å²) in [4.78, 5) is 4.17. The van der Waals surface area contributed by atoms with Crippen molar-refractivity contribution in [3.63, 3.8) is 0 Å². The van der Waals surface area contributed by atoms with Gasteiger partial charge in [-0.2, -0.15) is 0 Å². The molecule has 1 aromatic rings. The summed E-state index contributed by atoms with van der Waals surface area (Å²) in [6.07, 6.45) is 7.36. The number of nitrogens with zero attached hydrogens (tertiary/aromatic N) is 1. The van der Waals surface area contributed by atoms with E-state index in [2.05, 4.69) is 30.7 Å². The van der Waals surface area contributed by atoms with Crippen LogP contribution in [0.5, 0.6) is 5.75 Å². The Labute approximate surface area is 120 Å². The van der Waals surface area contributed by atoms with Gasteiger partial charge in [0.1, 0.15) is 5.75 Å². The fourth-order valence-electron chi connectivity index (χ4n) is 2.85. The highest BCUT2D eigenvalue weighted by Gasteiger charge is 2.25. The number of halogens is 1. The van der Waals surface area contributed by atoms with Crippen LogP contribution in [-0.2, 0) is 0 Å². The van der Waals surface area contributed by atoms with Crippen molar-refractivity contribution >= 4 is 11.6 Å². The summed E-state index contributed by atoms with van der Waals surface area (Å²) in [6.45, 7) is 4.60. The van der Waals surface area contributed by atoms with E-state index in [-0.39, 0.29) is 0 Å². The average molecular weight is 278 g/mol. The number of hydrogen-bond donors (Lipinski definition) is 0. The molecule has 0 bridgehead atoms. The van der Waals surface area contributed by atoms with Gasteiger partial charge in [0, 0.05) is 11.8 Å². The van der Waals surface area contributed by atoms with Crippen LogP contribution in [0.25, 0.3) is 0 Å². The number of ether oxygens (including phenoxy) is 1. The Kier molecular flexibility index (Phi) is 5.10. The van der Waals surface area contributed by atoms with Crippen LogP contribution in [0.15, 0.2) is 18.5 Å².